The number of thioether (sulfide) groups is 1. The second-order valence-electron chi connectivity index (χ2n) is 9.71. The van der Waals surface area contributed by atoms with Crippen LogP contribution >= 0.6 is 23.1 Å². The first-order chi connectivity index (χ1) is 17.5. The number of nitrogens with zero attached hydrogens (tertiary/aromatic N) is 3. The number of hydrogen-bond donors (Lipinski definition) is 2. The Morgan fingerprint density at radius 2 is 2.03 bits per heavy atom. The van der Waals surface area contributed by atoms with Crippen LogP contribution in [0.1, 0.15) is 45.3 Å². The molecule has 2 aromatic heterocycles. The van der Waals surface area contributed by atoms with E-state index in [2.05, 4.69) is 48.0 Å². The third-order valence-electron chi connectivity index (χ3n) is 5.77. The molecule has 2 N–H and O–H groups in total. The smallest absolute Gasteiger partial charge is 0.247 e. The summed E-state index contributed by atoms with van der Waals surface area (Å²) < 4.78 is 34.8. The first-order valence-corrected chi connectivity index (χ1v) is 15.1. The molecule has 4 rings (SSSR count). The van der Waals surface area contributed by atoms with E-state index in [9.17, 15) is 13.2 Å². The number of hydrogen-bond acceptors (Lipinski definition) is 9. The molecule has 0 bridgehead atoms. The fraction of sp³-hybridized carbons (Fsp3) is 0.400. The van der Waals surface area contributed by atoms with Gasteiger partial charge in [0.05, 0.1) is 27.3 Å². The minimum absolute atomic E-state index is 0.0419. The largest absolute Gasteiger partial charge is 0.444 e. The van der Waals surface area contributed by atoms with Crippen LogP contribution in [0, 0.1) is 0 Å². The van der Waals surface area contributed by atoms with Gasteiger partial charge >= 0.3 is 0 Å². The Balaban J connectivity index is 1.33. The summed E-state index contributed by atoms with van der Waals surface area (Å²) in [6, 6.07) is 6.12. The minimum atomic E-state index is -3.66. The van der Waals surface area contributed by atoms with Crippen molar-refractivity contribution in [2.45, 2.75) is 59.9 Å². The molecule has 3 heterocycles. The van der Waals surface area contributed by atoms with Crippen molar-refractivity contribution in [1.29, 1.82) is 0 Å². The van der Waals surface area contributed by atoms with Crippen LogP contribution in [0.25, 0.3) is 0 Å². The molecule has 0 unspecified atom stereocenters. The molecule has 0 radical (unpaired) electrons. The molecule has 1 saturated heterocycles. The fourth-order valence-electron chi connectivity index (χ4n) is 3.76. The van der Waals surface area contributed by atoms with E-state index in [4.69, 9.17) is 4.42 Å². The lowest BCUT2D eigenvalue weighted by Gasteiger charge is -2.32. The number of carbonyl (C=O) groups excluding carboxylic acids is 1. The summed E-state index contributed by atoms with van der Waals surface area (Å²) in [5.74, 6) is 1.81. The third kappa shape index (κ3) is 7.01. The number of nitrogens with one attached hydrogen (secondary N) is 2. The predicted molar refractivity (Wildman–Crippen MR) is 148 cm³/mol. The second-order valence-corrected chi connectivity index (χ2v) is 13.9. The van der Waals surface area contributed by atoms with E-state index in [1.165, 1.54) is 27.8 Å². The van der Waals surface area contributed by atoms with Gasteiger partial charge in [-0.3, -0.25) is 4.79 Å². The maximum Gasteiger partial charge on any atom is 0.247 e. The summed E-state index contributed by atoms with van der Waals surface area (Å²) >= 11 is 3.14. The first-order valence-electron chi connectivity index (χ1n) is 11.9. The van der Waals surface area contributed by atoms with E-state index in [1.54, 1.807) is 30.1 Å². The zero-order valence-corrected chi connectivity index (χ0v) is 23.5. The molecule has 1 atom stereocenters. The quantitative estimate of drug-likeness (QED) is 0.273. The lowest BCUT2D eigenvalue weighted by atomic mass is 9.94. The van der Waals surface area contributed by atoms with E-state index in [-0.39, 0.29) is 22.3 Å². The molecule has 1 aliphatic rings. The lowest BCUT2D eigenvalue weighted by molar-refractivity contribution is -0.111. The molecule has 1 fully saturated rings. The molecular formula is C25H31N5O4S3. The summed E-state index contributed by atoms with van der Waals surface area (Å²) in [5, 5.41) is 6.79. The van der Waals surface area contributed by atoms with Crippen LogP contribution < -0.4 is 10.6 Å². The van der Waals surface area contributed by atoms with Crippen molar-refractivity contribution < 1.29 is 17.6 Å². The van der Waals surface area contributed by atoms with Crippen LogP contribution in [0.2, 0.25) is 0 Å². The molecule has 1 aliphatic heterocycles. The molecule has 0 aliphatic carbocycles. The van der Waals surface area contributed by atoms with Crippen molar-refractivity contribution in [3.8, 4) is 0 Å². The van der Waals surface area contributed by atoms with Crippen molar-refractivity contribution in [3.63, 3.8) is 0 Å². The summed E-state index contributed by atoms with van der Waals surface area (Å²) in [4.78, 5) is 20.5. The van der Waals surface area contributed by atoms with Gasteiger partial charge in [-0.1, -0.05) is 38.7 Å². The van der Waals surface area contributed by atoms with Gasteiger partial charge < -0.3 is 15.1 Å². The van der Waals surface area contributed by atoms with E-state index in [1.807, 2.05) is 6.20 Å². The Hall–Kier alpha value is -2.67. The number of amides is 1. The third-order valence-corrected chi connectivity index (χ3v) is 9.76. The van der Waals surface area contributed by atoms with Crippen molar-refractivity contribution in [1.82, 2.24) is 14.3 Å². The number of thiazole rings is 1. The Labute approximate surface area is 225 Å². The summed E-state index contributed by atoms with van der Waals surface area (Å²) in [5.41, 5.74) is 0.433. The van der Waals surface area contributed by atoms with Crippen molar-refractivity contribution >= 4 is 49.8 Å². The molecule has 9 nitrogen and oxygen atoms in total. The molecule has 0 saturated carbocycles. The average Bonchev–Trinajstić information content (AvgIpc) is 3.53. The van der Waals surface area contributed by atoms with Gasteiger partial charge in [0.15, 0.2) is 5.13 Å². The Kier molecular flexibility index (Phi) is 8.42. The average molecular weight is 562 g/mol. The molecule has 0 spiro atoms. The van der Waals surface area contributed by atoms with E-state index in [0.29, 0.717) is 30.4 Å². The number of piperidine rings is 1. The zero-order valence-electron chi connectivity index (χ0n) is 21.1. The molecule has 37 heavy (non-hydrogen) atoms. The highest BCUT2D eigenvalue weighted by molar-refractivity contribution is 8.00. The lowest BCUT2D eigenvalue weighted by Crippen LogP contribution is -2.45. The fourth-order valence-corrected chi connectivity index (χ4v) is 7.08. The summed E-state index contributed by atoms with van der Waals surface area (Å²) in [6.07, 6.45) is 6.36. The van der Waals surface area contributed by atoms with Crippen molar-refractivity contribution in [2.24, 2.45) is 0 Å². The monoisotopic (exact) mass is 561 g/mol. The van der Waals surface area contributed by atoms with Crippen LogP contribution in [-0.2, 0) is 26.0 Å². The molecular weight excluding hydrogens is 531 g/mol. The maximum atomic E-state index is 13.2. The van der Waals surface area contributed by atoms with Gasteiger partial charge in [-0.2, -0.15) is 4.31 Å². The van der Waals surface area contributed by atoms with Crippen LogP contribution in [0.5, 0.6) is 0 Å². The van der Waals surface area contributed by atoms with Gasteiger partial charge in [-0.25, -0.2) is 18.4 Å². The Bertz CT molecular complexity index is 1340. The second kappa shape index (κ2) is 11.4. The maximum absolute atomic E-state index is 13.2. The summed E-state index contributed by atoms with van der Waals surface area (Å²) in [7, 11) is -3.66. The van der Waals surface area contributed by atoms with Gasteiger partial charge in [0, 0.05) is 30.2 Å². The van der Waals surface area contributed by atoms with Crippen molar-refractivity contribution in [3.05, 3.63) is 61.0 Å². The molecule has 12 heteroatoms. The van der Waals surface area contributed by atoms with Crippen LogP contribution in [0.3, 0.4) is 0 Å². The SMILES string of the molecule is C=CC(=O)Nc1ccc(S(=O)(=O)N2CCC[C@@H](Nc3ncc(SCc4ncc(C(C)(C)C)o4)s3)C2)cc1. The highest BCUT2D eigenvalue weighted by atomic mass is 32.2. The highest BCUT2D eigenvalue weighted by Gasteiger charge is 2.30. The Morgan fingerprint density at radius 3 is 2.70 bits per heavy atom. The van der Waals surface area contributed by atoms with Crippen molar-refractivity contribution in [2.75, 3.05) is 23.7 Å². The van der Waals surface area contributed by atoms with E-state index < -0.39 is 10.0 Å². The number of aromatic nitrogens is 2. The molecule has 3 aromatic rings. The number of oxazole rings is 1. The van der Waals surface area contributed by atoms with Crippen LogP contribution in [-0.4, -0.2) is 47.7 Å². The minimum Gasteiger partial charge on any atom is -0.444 e. The highest BCUT2D eigenvalue weighted by Crippen LogP contribution is 2.33. The van der Waals surface area contributed by atoms with Gasteiger partial charge in [-0.05, 0) is 43.2 Å². The zero-order chi connectivity index (χ0) is 26.6. The van der Waals surface area contributed by atoms with Gasteiger partial charge in [0.2, 0.25) is 21.8 Å². The standard InChI is InChI=1S/C25H31N5O4S3/c1-5-21(31)28-17-8-10-19(11-9-17)37(32,33)30-12-6-7-18(15-30)29-24-27-14-23(36-24)35-16-22-26-13-20(34-22)25(2,3)4/h5,8-11,13-14,18H,1,6-7,12,15-16H2,2-4H3,(H,27,29)(H,28,31)/t18-/m1/s1. The number of carbonyl (C=O) groups is 1. The van der Waals surface area contributed by atoms with Crippen LogP contribution in [0.15, 0.2) is 62.8 Å². The summed E-state index contributed by atoms with van der Waals surface area (Å²) in [6.45, 7) is 10.5. The topological polar surface area (TPSA) is 117 Å². The van der Waals surface area contributed by atoms with Gasteiger partial charge in [-0.15, -0.1) is 11.8 Å². The normalized spacial score (nSPS) is 16.9. The first kappa shape index (κ1) is 27.4. The van der Waals surface area contributed by atoms with Gasteiger partial charge in [0.25, 0.3) is 0 Å². The molecule has 1 aromatic carbocycles. The number of benzene rings is 1. The van der Waals surface area contributed by atoms with E-state index >= 15 is 0 Å². The van der Waals surface area contributed by atoms with Crippen LogP contribution in [0.4, 0.5) is 10.8 Å². The number of anilines is 2. The number of sulfonamides is 1. The Morgan fingerprint density at radius 1 is 1.27 bits per heavy atom. The molecule has 198 valence electrons. The predicted octanol–water partition coefficient (Wildman–Crippen LogP) is 5.11. The van der Waals surface area contributed by atoms with Gasteiger partial charge in [0.1, 0.15) is 5.76 Å². The van der Waals surface area contributed by atoms with E-state index in [0.717, 1.165) is 34.0 Å². The molecule has 1 amide bonds. The number of rotatable bonds is 9.